The minimum Gasteiger partial charge on any atom is -0.0670 e. The van der Waals surface area contributed by atoms with Crippen LogP contribution < -0.4 is 0 Å². The van der Waals surface area contributed by atoms with Crippen LogP contribution in [0.4, 0.5) is 0 Å². The third kappa shape index (κ3) is 0.923. The van der Waals surface area contributed by atoms with E-state index in [-0.39, 0.29) is 0 Å². The normalized spacial score (nSPS) is 45.2. The van der Waals surface area contributed by atoms with Crippen LogP contribution in [0, 0.1) is 10.8 Å². The van der Waals surface area contributed by atoms with Gasteiger partial charge in [-0.25, -0.2) is 0 Å². The van der Waals surface area contributed by atoms with E-state index in [1.807, 2.05) is 0 Å². The van der Waals surface area contributed by atoms with Crippen LogP contribution in [-0.4, -0.2) is 0 Å². The minimum atomic E-state index is 0.549. The van der Waals surface area contributed by atoms with Gasteiger partial charge in [-0.2, -0.15) is 0 Å². The molecule has 1 saturated carbocycles. The van der Waals surface area contributed by atoms with Crippen molar-refractivity contribution in [3.63, 3.8) is 0 Å². The lowest BCUT2D eigenvalue weighted by molar-refractivity contribution is 0.0878. The van der Waals surface area contributed by atoms with E-state index < -0.39 is 0 Å². The Morgan fingerprint density at radius 1 is 0.769 bits per heavy atom. The molecule has 0 radical (unpaired) electrons. The molecule has 1 fully saturated rings. The molecule has 2 rings (SSSR count). The van der Waals surface area contributed by atoms with Gasteiger partial charge in [0.15, 0.2) is 0 Å². The maximum Gasteiger partial charge on any atom is -0.00254 e. The first-order chi connectivity index (χ1) is 6.02. The molecule has 0 aromatic rings. The molecule has 0 spiro atoms. The van der Waals surface area contributed by atoms with Gasteiger partial charge in [-0.15, -0.1) is 0 Å². The molecule has 0 aliphatic heterocycles. The third-order valence-corrected chi connectivity index (χ3v) is 5.29. The average molecular weight is 178 g/mol. The lowest BCUT2D eigenvalue weighted by Crippen LogP contribution is -2.47. The van der Waals surface area contributed by atoms with Gasteiger partial charge in [-0.3, -0.25) is 0 Å². The standard InChI is InChI=1S/C13H22/c1-10-11(2)13(4)9-7-5-6-8-12(10,13)3/h5-9H2,1-4H3. The van der Waals surface area contributed by atoms with Gasteiger partial charge in [0.1, 0.15) is 0 Å². The molecule has 2 unspecified atom stereocenters. The second-order valence-electron chi connectivity index (χ2n) is 5.47. The van der Waals surface area contributed by atoms with E-state index >= 15 is 0 Å². The summed E-state index contributed by atoms with van der Waals surface area (Å²) in [5, 5.41) is 0. The molecule has 2 aliphatic carbocycles. The molecule has 2 aliphatic rings. The van der Waals surface area contributed by atoms with Gasteiger partial charge in [0.25, 0.3) is 0 Å². The van der Waals surface area contributed by atoms with E-state index in [0.717, 1.165) is 0 Å². The first-order valence-corrected chi connectivity index (χ1v) is 5.71. The van der Waals surface area contributed by atoms with Gasteiger partial charge in [0, 0.05) is 0 Å². The Morgan fingerprint density at radius 2 is 1.15 bits per heavy atom. The van der Waals surface area contributed by atoms with Crippen molar-refractivity contribution < 1.29 is 0 Å². The molecule has 0 aromatic carbocycles. The summed E-state index contributed by atoms with van der Waals surface area (Å²) < 4.78 is 0. The highest BCUT2D eigenvalue weighted by atomic mass is 14.6. The molecule has 74 valence electrons. The summed E-state index contributed by atoms with van der Waals surface area (Å²) >= 11 is 0. The van der Waals surface area contributed by atoms with Gasteiger partial charge in [0.2, 0.25) is 0 Å². The maximum absolute atomic E-state index is 2.49. The molecule has 2 atom stereocenters. The highest BCUT2D eigenvalue weighted by molar-refractivity contribution is 5.40. The summed E-state index contributed by atoms with van der Waals surface area (Å²) in [5.41, 5.74) is 4.48. The molecule has 0 N–H and O–H groups in total. The van der Waals surface area contributed by atoms with Crippen molar-refractivity contribution in [2.45, 2.75) is 59.8 Å². The van der Waals surface area contributed by atoms with Crippen LogP contribution in [0.3, 0.4) is 0 Å². The summed E-state index contributed by atoms with van der Waals surface area (Å²) in [4.78, 5) is 0. The topological polar surface area (TPSA) is 0 Å². The van der Waals surface area contributed by atoms with Crippen LogP contribution in [0.25, 0.3) is 0 Å². The molecule has 0 bridgehead atoms. The Morgan fingerprint density at radius 3 is 1.54 bits per heavy atom. The van der Waals surface area contributed by atoms with Crippen molar-refractivity contribution >= 4 is 0 Å². The van der Waals surface area contributed by atoms with E-state index in [2.05, 4.69) is 27.7 Å². The van der Waals surface area contributed by atoms with E-state index in [0.29, 0.717) is 10.8 Å². The molecular formula is C13H22. The van der Waals surface area contributed by atoms with Crippen molar-refractivity contribution in [3.8, 4) is 0 Å². The Balaban J connectivity index is 2.39. The minimum absolute atomic E-state index is 0.549. The van der Waals surface area contributed by atoms with Gasteiger partial charge < -0.3 is 0 Å². The van der Waals surface area contributed by atoms with E-state index in [1.54, 1.807) is 11.1 Å². The molecule has 0 heterocycles. The molecular weight excluding hydrogens is 156 g/mol. The Bertz CT molecular complexity index is 235. The fourth-order valence-electron chi connectivity index (χ4n) is 3.65. The number of hydrogen-bond acceptors (Lipinski definition) is 0. The zero-order chi connectivity index (χ0) is 9.69. The summed E-state index contributed by atoms with van der Waals surface area (Å²) in [6, 6.07) is 0. The zero-order valence-electron chi connectivity index (χ0n) is 9.54. The van der Waals surface area contributed by atoms with Gasteiger partial charge in [-0.1, -0.05) is 44.3 Å². The summed E-state index contributed by atoms with van der Waals surface area (Å²) in [7, 11) is 0. The number of allylic oxidation sites excluding steroid dienone is 2. The fraction of sp³-hybridized carbons (Fsp3) is 0.846. The maximum atomic E-state index is 2.49. The van der Waals surface area contributed by atoms with Crippen molar-refractivity contribution in [2.75, 3.05) is 0 Å². The molecule has 0 saturated heterocycles. The Hall–Kier alpha value is -0.260. The summed E-state index contributed by atoms with van der Waals surface area (Å²) in [6.07, 6.45) is 7.18. The molecule has 0 nitrogen and oxygen atoms in total. The lowest BCUT2D eigenvalue weighted by Gasteiger charge is -2.58. The second kappa shape index (κ2) is 2.62. The molecule has 0 heteroatoms. The van der Waals surface area contributed by atoms with Crippen molar-refractivity contribution in [3.05, 3.63) is 11.1 Å². The molecule has 13 heavy (non-hydrogen) atoms. The van der Waals surface area contributed by atoms with E-state index in [4.69, 9.17) is 0 Å². The summed E-state index contributed by atoms with van der Waals surface area (Å²) in [5.74, 6) is 0. The fourth-order valence-corrected chi connectivity index (χ4v) is 3.65. The lowest BCUT2D eigenvalue weighted by atomic mass is 9.47. The zero-order valence-corrected chi connectivity index (χ0v) is 9.54. The van der Waals surface area contributed by atoms with Crippen molar-refractivity contribution in [1.82, 2.24) is 0 Å². The van der Waals surface area contributed by atoms with Crippen molar-refractivity contribution in [1.29, 1.82) is 0 Å². The van der Waals surface area contributed by atoms with Crippen LogP contribution in [0.15, 0.2) is 11.1 Å². The van der Waals surface area contributed by atoms with Crippen LogP contribution in [0.2, 0.25) is 0 Å². The summed E-state index contributed by atoms with van der Waals surface area (Å²) in [6.45, 7) is 9.67. The predicted molar refractivity (Wildman–Crippen MR) is 57.7 cm³/mol. The second-order valence-corrected chi connectivity index (χ2v) is 5.47. The van der Waals surface area contributed by atoms with Crippen LogP contribution >= 0.6 is 0 Å². The van der Waals surface area contributed by atoms with Crippen LogP contribution in [0.5, 0.6) is 0 Å². The first kappa shape index (κ1) is 9.30. The van der Waals surface area contributed by atoms with Gasteiger partial charge in [-0.05, 0) is 37.5 Å². The van der Waals surface area contributed by atoms with E-state index in [9.17, 15) is 0 Å². The number of fused-ring (bicyclic) bond motifs is 1. The largest absolute Gasteiger partial charge is 0.0670 e. The molecule has 0 aromatic heterocycles. The Labute approximate surface area is 82.4 Å². The quantitative estimate of drug-likeness (QED) is 0.485. The highest BCUT2D eigenvalue weighted by Gasteiger charge is 2.54. The highest BCUT2D eigenvalue weighted by Crippen LogP contribution is 2.65. The number of rotatable bonds is 0. The smallest absolute Gasteiger partial charge is 0.00254 e. The monoisotopic (exact) mass is 178 g/mol. The van der Waals surface area contributed by atoms with Crippen LogP contribution in [0.1, 0.15) is 59.8 Å². The van der Waals surface area contributed by atoms with E-state index in [1.165, 1.54) is 32.1 Å². The van der Waals surface area contributed by atoms with Gasteiger partial charge >= 0.3 is 0 Å². The predicted octanol–water partition coefficient (Wildman–Crippen LogP) is 4.31. The number of hydrogen-bond donors (Lipinski definition) is 0. The SMILES string of the molecule is CC1=C(C)C2(C)CCCCCC12C. The van der Waals surface area contributed by atoms with Crippen molar-refractivity contribution in [2.24, 2.45) is 10.8 Å². The Kier molecular flexibility index (Phi) is 1.87. The van der Waals surface area contributed by atoms with Crippen LogP contribution in [-0.2, 0) is 0 Å². The first-order valence-electron chi connectivity index (χ1n) is 5.71. The average Bonchev–Trinajstić information content (AvgIpc) is 2.26. The van der Waals surface area contributed by atoms with Gasteiger partial charge in [0.05, 0.1) is 0 Å². The molecule has 0 amide bonds. The third-order valence-electron chi connectivity index (χ3n) is 5.29.